The number of hydrogen-bond acceptors (Lipinski definition) is 4. The van der Waals surface area contributed by atoms with Gasteiger partial charge in [0.05, 0.1) is 5.69 Å². The van der Waals surface area contributed by atoms with Crippen molar-refractivity contribution < 1.29 is 17.5 Å². The van der Waals surface area contributed by atoms with Crippen molar-refractivity contribution in [2.45, 2.75) is 25.2 Å². The van der Waals surface area contributed by atoms with Crippen molar-refractivity contribution in [3.63, 3.8) is 0 Å². The molecule has 0 fully saturated rings. The average Bonchev–Trinajstić information content (AvgIpc) is 2.37. The molecule has 0 spiro atoms. The van der Waals surface area contributed by atoms with E-state index in [2.05, 4.69) is 4.72 Å². The predicted octanol–water partition coefficient (Wildman–Crippen LogP) is 2.40. The van der Waals surface area contributed by atoms with Crippen LogP contribution in [0.3, 0.4) is 0 Å². The highest BCUT2D eigenvalue weighted by molar-refractivity contribution is 7.89. The molecule has 1 rings (SSSR count). The summed E-state index contributed by atoms with van der Waals surface area (Å²) in [6.07, 6.45) is 0.490. The molecule has 1 aromatic carbocycles. The van der Waals surface area contributed by atoms with Gasteiger partial charge in [-0.05, 0) is 24.5 Å². The van der Waals surface area contributed by atoms with E-state index in [1.54, 1.807) is 0 Å². The van der Waals surface area contributed by atoms with Gasteiger partial charge in [0.2, 0.25) is 10.0 Å². The number of sulfonamides is 1. The quantitative estimate of drug-likeness (QED) is 0.563. The lowest BCUT2D eigenvalue weighted by atomic mass is 10.2. The van der Waals surface area contributed by atoms with Gasteiger partial charge in [0.15, 0.2) is 5.82 Å². The Kier molecular flexibility index (Phi) is 6.86. The molecule has 0 heterocycles. The second-order valence-electron chi connectivity index (χ2n) is 5.03. The van der Waals surface area contributed by atoms with Gasteiger partial charge < -0.3 is 10.5 Å². The van der Waals surface area contributed by atoms with E-state index >= 15 is 0 Å². The first-order valence-corrected chi connectivity index (χ1v) is 8.42. The maximum atomic E-state index is 13.8. The van der Waals surface area contributed by atoms with Gasteiger partial charge in [0.25, 0.3) is 0 Å². The van der Waals surface area contributed by atoms with Gasteiger partial charge >= 0.3 is 0 Å². The maximum Gasteiger partial charge on any atom is 0.243 e. The number of benzene rings is 1. The number of ether oxygens (including phenoxy) is 1. The molecule has 0 radical (unpaired) electrons. The minimum atomic E-state index is -3.98. The number of halogens is 2. The number of hydrogen-bond donors (Lipinski definition) is 2. The summed E-state index contributed by atoms with van der Waals surface area (Å²) in [6, 6.07) is 2.19. The first kappa shape index (κ1) is 18.2. The average molecular weight is 339 g/mol. The molecule has 0 aliphatic heterocycles. The van der Waals surface area contributed by atoms with E-state index in [-0.39, 0.29) is 17.3 Å². The van der Waals surface area contributed by atoms with E-state index < -0.39 is 20.7 Å². The Hall–Kier alpha value is -0.890. The van der Waals surface area contributed by atoms with Crippen molar-refractivity contribution in [2.75, 3.05) is 25.5 Å². The highest BCUT2D eigenvalue weighted by atomic mass is 35.5. The fourth-order valence-corrected chi connectivity index (χ4v) is 3.05. The molecule has 8 heteroatoms. The number of nitrogen functional groups attached to an aromatic ring is 1. The summed E-state index contributed by atoms with van der Waals surface area (Å²) in [4.78, 5) is -0.546. The third-order valence-electron chi connectivity index (χ3n) is 2.53. The van der Waals surface area contributed by atoms with Gasteiger partial charge in [-0.2, -0.15) is 0 Å². The topological polar surface area (TPSA) is 81.4 Å². The molecule has 0 aromatic heterocycles. The number of nitrogens with one attached hydrogen (secondary N) is 1. The van der Waals surface area contributed by atoms with Gasteiger partial charge in [0, 0.05) is 24.8 Å². The zero-order valence-electron chi connectivity index (χ0n) is 12.0. The lowest BCUT2D eigenvalue weighted by molar-refractivity contribution is 0.108. The Balaban J connectivity index is 2.59. The van der Waals surface area contributed by atoms with E-state index in [0.717, 1.165) is 12.1 Å². The largest absolute Gasteiger partial charge is 0.396 e. The van der Waals surface area contributed by atoms with Crippen LogP contribution in [-0.4, -0.2) is 28.2 Å². The van der Waals surface area contributed by atoms with Crippen molar-refractivity contribution in [2.24, 2.45) is 5.92 Å². The molecule has 0 aliphatic rings. The minimum Gasteiger partial charge on any atom is -0.396 e. The highest BCUT2D eigenvalue weighted by Gasteiger charge is 2.21. The summed E-state index contributed by atoms with van der Waals surface area (Å²) in [6.45, 7) is 5.24. The molecule has 3 N–H and O–H groups in total. The van der Waals surface area contributed by atoms with E-state index in [9.17, 15) is 12.8 Å². The molecule has 1 aromatic rings. The summed E-state index contributed by atoms with van der Waals surface area (Å²) in [7, 11) is -3.98. The Morgan fingerprint density at radius 2 is 2.10 bits per heavy atom. The number of anilines is 1. The van der Waals surface area contributed by atoms with Crippen molar-refractivity contribution >= 4 is 27.3 Å². The molecule has 0 saturated heterocycles. The first-order chi connectivity index (χ1) is 9.74. The normalized spacial score (nSPS) is 12.0. The smallest absolute Gasteiger partial charge is 0.243 e. The van der Waals surface area contributed by atoms with E-state index in [4.69, 9.17) is 22.1 Å². The van der Waals surface area contributed by atoms with Gasteiger partial charge in [-0.25, -0.2) is 17.5 Å². The van der Waals surface area contributed by atoms with Crippen LogP contribution in [0.5, 0.6) is 0 Å². The highest BCUT2D eigenvalue weighted by Crippen LogP contribution is 2.24. The van der Waals surface area contributed by atoms with Crippen molar-refractivity contribution in [3.8, 4) is 0 Å². The lowest BCUT2D eigenvalue weighted by Crippen LogP contribution is -2.26. The van der Waals surface area contributed by atoms with E-state index in [1.807, 2.05) is 13.8 Å². The van der Waals surface area contributed by atoms with Crippen LogP contribution in [0.2, 0.25) is 5.02 Å². The molecule has 120 valence electrons. The Morgan fingerprint density at radius 3 is 2.71 bits per heavy atom. The SMILES string of the molecule is CC(C)COCCCNS(=O)(=O)c1cc(Cl)cc(N)c1F. The Bertz CT molecular complexity index is 579. The third kappa shape index (κ3) is 5.78. The summed E-state index contributed by atoms with van der Waals surface area (Å²) in [5, 5.41) is 0.0644. The Morgan fingerprint density at radius 1 is 1.43 bits per heavy atom. The first-order valence-electron chi connectivity index (χ1n) is 6.56. The van der Waals surface area contributed by atoms with Crippen molar-refractivity contribution in [1.29, 1.82) is 0 Å². The maximum absolute atomic E-state index is 13.8. The lowest BCUT2D eigenvalue weighted by Gasteiger charge is -2.10. The summed E-state index contributed by atoms with van der Waals surface area (Å²) in [5.41, 5.74) is 5.07. The van der Waals surface area contributed by atoms with Crippen LogP contribution >= 0.6 is 11.6 Å². The summed E-state index contributed by atoms with van der Waals surface area (Å²) < 4.78 is 45.4. The minimum absolute atomic E-state index is 0.0644. The van der Waals surface area contributed by atoms with E-state index in [0.29, 0.717) is 25.6 Å². The van der Waals surface area contributed by atoms with Crippen molar-refractivity contribution in [3.05, 3.63) is 23.0 Å². The van der Waals surface area contributed by atoms with Gasteiger partial charge in [-0.15, -0.1) is 0 Å². The fourth-order valence-electron chi connectivity index (χ4n) is 1.56. The molecule has 21 heavy (non-hydrogen) atoms. The fraction of sp³-hybridized carbons (Fsp3) is 0.538. The van der Waals surface area contributed by atoms with Crippen LogP contribution < -0.4 is 10.5 Å². The molecular weight excluding hydrogens is 319 g/mol. The Labute approximate surface area is 129 Å². The van der Waals surface area contributed by atoms with Crippen LogP contribution in [-0.2, 0) is 14.8 Å². The molecule has 0 aliphatic carbocycles. The predicted molar refractivity (Wildman–Crippen MR) is 81.3 cm³/mol. The van der Waals surface area contributed by atoms with Crippen molar-refractivity contribution in [1.82, 2.24) is 4.72 Å². The summed E-state index contributed by atoms with van der Waals surface area (Å²) in [5.74, 6) is -0.576. The monoisotopic (exact) mass is 338 g/mol. The molecule has 5 nitrogen and oxygen atoms in total. The number of rotatable bonds is 8. The standard InChI is InChI=1S/C13H20ClFN2O3S/c1-9(2)8-20-5-3-4-17-21(18,19)12-7-10(14)6-11(16)13(12)15/h6-7,9,17H,3-5,8,16H2,1-2H3. The molecular formula is C13H20ClFN2O3S. The second kappa shape index (κ2) is 7.93. The van der Waals surface area contributed by atoms with Crippen LogP contribution in [0, 0.1) is 11.7 Å². The zero-order chi connectivity index (χ0) is 16.0. The summed E-state index contributed by atoms with van der Waals surface area (Å²) >= 11 is 5.70. The molecule has 0 unspecified atom stereocenters. The number of nitrogens with two attached hydrogens (primary N) is 1. The zero-order valence-corrected chi connectivity index (χ0v) is 13.6. The van der Waals surface area contributed by atoms with Crippen LogP contribution in [0.4, 0.5) is 10.1 Å². The second-order valence-corrected chi connectivity index (χ2v) is 7.20. The third-order valence-corrected chi connectivity index (χ3v) is 4.21. The molecule has 0 bridgehead atoms. The molecule has 0 amide bonds. The molecule has 0 saturated carbocycles. The van der Waals surface area contributed by atoms with Gasteiger partial charge in [-0.1, -0.05) is 25.4 Å². The van der Waals surface area contributed by atoms with E-state index in [1.165, 1.54) is 0 Å². The van der Waals surface area contributed by atoms with Crippen LogP contribution in [0.25, 0.3) is 0 Å². The van der Waals surface area contributed by atoms with Crippen LogP contribution in [0.1, 0.15) is 20.3 Å². The molecule has 0 atom stereocenters. The van der Waals surface area contributed by atoms with Gasteiger partial charge in [-0.3, -0.25) is 0 Å². The van der Waals surface area contributed by atoms with Crippen LogP contribution in [0.15, 0.2) is 17.0 Å². The van der Waals surface area contributed by atoms with Gasteiger partial charge in [0.1, 0.15) is 4.90 Å².